The van der Waals surface area contributed by atoms with Crippen LogP contribution in [-0.2, 0) is 14.3 Å². The summed E-state index contributed by atoms with van der Waals surface area (Å²) < 4.78 is 27.4. The summed E-state index contributed by atoms with van der Waals surface area (Å²) in [5.41, 5.74) is 1.44. The Morgan fingerprint density at radius 3 is 2.14 bits per heavy atom. The first-order chi connectivity index (χ1) is 17.3. The third-order valence-corrected chi connectivity index (χ3v) is 9.91. The Labute approximate surface area is 219 Å². The smallest absolute Gasteiger partial charge is 0.289 e. The highest BCUT2D eigenvalue weighted by Crippen LogP contribution is 2.39. The number of amides is 1. The molecule has 2 aromatic carbocycles. The second kappa shape index (κ2) is 10.9. The zero-order valence-corrected chi connectivity index (χ0v) is 24.1. The molecule has 0 bridgehead atoms. The van der Waals surface area contributed by atoms with Crippen LogP contribution in [0.3, 0.4) is 0 Å². The van der Waals surface area contributed by atoms with Gasteiger partial charge in [-0.05, 0) is 30.0 Å². The SMILES string of the molecule is COc1cc(OC)c(NC(=O)C2OC(Oc3ccc([Si](C)(C)CC(C)(C)C)cc3C)=CC2=O)c(OC)c1. The topological polar surface area (TPSA) is 92.3 Å². The van der Waals surface area contributed by atoms with Crippen LogP contribution in [0, 0.1) is 12.3 Å². The quantitative estimate of drug-likeness (QED) is 0.370. The molecule has 1 aliphatic heterocycles. The van der Waals surface area contributed by atoms with Gasteiger partial charge in [0.05, 0.1) is 35.5 Å². The highest BCUT2D eigenvalue weighted by atomic mass is 28.3. The molecule has 0 spiro atoms. The van der Waals surface area contributed by atoms with Crippen molar-refractivity contribution in [2.24, 2.45) is 5.41 Å². The number of nitrogens with one attached hydrogen (secondary N) is 1. The fourth-order valence-electron chi connectivity index (χ4n) is 4.68. The summed E-state index contributed by atoms with van der Waals surface area (Å²) in [4.78, 5) is 25.6. The minimum absolute atomic E-state index is 0.0270. The van der Waals surface area contributed by atoms with Crippen LogP contribution in [0.2, 0.25) is 19.1 Å². The number of carbonyl (C=O) groups is 2. The van der Waals surface area contributed by atoms with Crippen molar-refractivity contribution in [1.29, 1.82) is 0 Å². The summed E-state index contributed by atoms with van der Waals surface area (Å²) in [6.07, 6.45) is -0.206. The molecule has 3 rings (SSSR count). The highest BCUT2D eigenvalue weighted by molar-refractivity contribution is 6.89. The van der Waals surface area contributed by atoms with Gasteiger partial charge >= 0.3 is 0 Å². The van der Waals surface area contributed by atoms with E-state index in [1.165, 1.54) is 32.6 Å². The third-order valence-electron chi connectivity index (χ3n) is 6.09. The van der Waals surface area contributed by atoms with Crippen LogP contribution in [0.15, 0.2) is 42.4 Å². The maximum Gasteiger partial charge on any atom is 0.289 e. The maximum atomic E-state index is 13.0. The Morgan fingerprint density at radius 2 is 1.62 bits per heavy atom. The van der Waals surface area contributed by atoms with Crippen LogP contribution in [0.25, 0.3) is 0 Å². The number of methoxy groups -OCH3 is 3. The minimum Gasteiger partial charge on any atom is -0.496 e. The second-order valence-electron chi connectivity index (χ2n) is 11.0. The fourth-order valence-corrected chi connectivity index (χ4v) is 8.67. The van der Waals surface area contributed by atoms with Gasteiger partial charge in [0.2, 0.25) is 11.9 Å². The first-order valence-corrected chi connectivity index (χ1v) is 15.3. The molecular weight excluding hydrogens is 490 g/mol. The van der Waals surface area contributed by atoms with E-state index >= 15 is 0 Å². The van der Waals surface area contributed by atoms with Gasteiger partial charge < -0.3 is 29.0 Å². The van der Waals surface area contributed by atoms with Crippen molar-refractivity contribution in [2.45, 2.75) is 52.9 Å². The van der Waals surface area contributed by atoms with Gasteiger partial charge in [-0.2, -0.15) is 0 Å². The summed E-state index contributed by atoms with van der Waals surface area (Å²) in [5.74, 6) is 0.462. The first-order valence-electron chi connectivity index (χ1n) is 12.1. The molecule has 8 nitrogen and oxygen atoms in total. The molecule has 0 saturated heterocycles. The lowest BCUT2D eigenvalue weighted by Crippen LogP contribution is -2.44. The van der Waals surface area contributed by atoms with Crippen LogP contribution in [0.1, 0.15) is 26.3 Å². The molecule has 1 atom stereocenters. The molecule has 37 heavy (non-hydrogen) atoms. The molecular formula is C28H37NO7Si. The number of rotatable bonds is 9. The number of ether oxygens (including phenoxy) is 5. The van der Waals surface area contributed by atoms with Crippen molar-refractivity contribution in [1.82, 2.24) is 0 Å². The Morgan fingerprint density at radius 1 is 1.00 bits per heavy atom. The van der Waals surface area contributed by atoms with Crippen molar-refractivity contribution < 1.29 is 33.3 Å². The molecule has 0 radical (unpaired) electrons. The average Bonchev–Trinajstić information content (AvgIpc) is 3.18. The molecule has 9 heteroatoms. The van der Waals surface area contributed by atoms with E-state index in [0.717, 1.165) is 11.6 Å². The van der Waals surface area contributed by atoms with Crippen LogP contribution < -0.4 is 29.5 Å². The van der Waals surface area contributed by atoms with Crippen LogP contribution in [0.4, 0.5) is 5.69 Å². The van der Waals surface area contributed by atoms with E-state index in [2.05, 4.69) is 51.3 Å². The molecule has 1 amide bonds. The first kappa shape index (κ1) is 28.1. The Bertz CT molecular complexity index is 1190. The maximum absolute atomic E-state index is 13.0. The van der Waals surface area contributed by atoms with E-state index in [9.17, 15) is 9.59 Å². The highest BCUT2D eigenvalue weighted by Gasteiger charge is 2.36. The number of ketones is 1. The minimum atomic E-state index is -1.65. The van der Waals surface area contributed by atoms with Gasteiger partial charge in [0, 0.05) is 12.1 Å². The van der Waals surface area contributed by atoms with Crippen LogP contribution in [0.5, 0.6) is 23.0 Å². The lowest BCUT2D eigenvalue weighted by molar-refractivity contribution is -0.134. The van der Waals surface area contributed by atoms with Gasteiger partial charge in [0.15, 0.2) is 0 Å². The Kier molecular flexibility index (Phi) is 8.27. The predicted octanol–water partition coefficient (Wildman–Crippen LogP) is 4.81. The Hall–Kier alpha value is -3.46. The molecule has 200 valence electrons. The molecule has 1 unspecified atom stereocenters. The van der Waals surface area contributed by atoms with Gasteiger partial charge in [0.1, 0.15) is 28.7 Å². The number of aryl methyl sites for hydroxylation is 1. The lowest BCUT2D eigenvalue weighted by Gasteiger charge is -2.31. The van der Waals surface area contributed by atoms with Crippen molar-refractivity contribution in [3.63, 3.8) is 0 Å². The summed E-state index contributed by atoms with van der Waals surface area (Å²) in [7, 11) is 2.77. The number of benzene rings is 2. The summed E-state index contributed by atoms with van der Waals surface area (Å²) in [6, 6.07) is 10.5. The summed E-state index contributed by atoms with van der Waals surface area (Å²) in [5, 5.41) is 4.01. The van der Waals surface area contributed by atoms with Gasteiger partial charge in [-0.3, -0.25) is 9.59 Å². The van der Waals surface area contributed by atoms with Gasteiger partial charge in [-0.15, -0.1) is 0 Å². The van der Waals surface area contributed by atoms with E-state index in [1.807, 2.05) is 13.0 Å². The van der Waals surface area contributed by atoms with Gasteiger partial charge in [0.25, 0.3) is 11.9 Å². The van der Waals surface area contributed by atoms with E-state index in [1.54, 1.807) is 12.1 Å². The van der Waals surface area contributed by atoms with Crippen molar-refractivity contribution >= 4 is 30.6 Å². The van der Waals surface area contributed by atoms with Crippen LogP contribution >= 0.6 is 0 Å². The molecule has 0 fully saturated rings. The number of anilines is 1. The standard InChI is InChI=1S/C28H37NO7Si/c1-17-12-19(37(8,9)16-28(2,3)4)10-11-21(17)35-24-15-20(30)26(36-24)27(31)29-25-22(33-6)13-18(32-5)14-23(25)34-7/h10-15,26H,16H2,1-9H3,(H,29,31). The second-order valence-corrected chi connectivity index (χ2v) is 15.7. The van der Waals surface area contributed by atoms with E-state index in [0.29, 0.717) is 23.0 Å². The largest absolute Gasteiger partial charge is 0.496 e. The molecule has 0 aromatic heterocycles. The number of hydrogen-bond donors (Lipinski definition) is 1. The monoisotopic (exact) mass is 527 g/mol. The number of carbonyl (C=O) groups excluding carboxylic acids is 2. The zero-order valence-electron chi connectivity index (χ0n) is 23.1. The van der Waals surface area contributed by atoms with Gasteiger partial charge in [-0.25, -0.2) is 0 Å². The van der Waals surface area contributed by atoms with Crippen LogP contribution in [-0.4, -0.2) is 47.2 Å². The van der Waals surface area contributed by atoms with Crippen molar-refractivity contribution in [3.8, 4) is 23.0 Å². The zero-order chi connectivity index (χ0) is 27.5. The van der Waals surface area contributed by atoms with E-state index in [4.69, 9.17) is 23.7 Å². The van der Waals surface area contributed by atoms with E-state index < -0.39 is 25.9 Å². The molecule has 1 N–H and O–H groups in total. The molecule has 1 aliphatic rings. The van der Waals surface area contributed by atoms with Gasteiger partial charge in [-0.1, -0.05) is 51.2 Å². The molecule has 2 aromatic rings. The average molecular weight is 528 g/mol. The molecule has 0 aliphatic carbocycles. The summed E-state index contributed by atoms with van der Waals surface area (Å²) in [6.45, 7) is 13.5. The lowest BCUT2D eigenvalue weighted by atomic mass is 10.0. The molecule has 1 heterocycles. The van der Waals surface area contributed by atoms with Crippen molar-refractivity contribution in [3.05, 3.63) is 47.9 Å². The fraction of sp³-hybridized carbons (Fsp3) is 0.429. The summed E-state index contributed by atoms with van der Waals surface area (Å²) >= 11 is 0. The third kappa shape index (κ3) is 6.65. The molecule has 0 saturated carbocycles. The van der Waals surface area contributed by atoms with Crippen molar-refractivity contribution in [2.75, 3.05) is 26.6 Å². The number of hydrogen-bond acceptors (Lipinski definition) is 7. The van der Waals surface area contributed by atoms with E-state index in [-0.39, 0.29) is 17.0 Å². The predicted molar refractivity (Wildman–Crippen MR) is 146 cm³/mol. The Balaban J connectivity index is 1.73. The normalized spacial score (nSPS) is 15.5.